The number of fused-ring (bicyclic) bond motifs is 2. The molecule has 106 valence electrons. The summed E-state index contributed by atoms with van der Waals surface area (Å²) in [7, 11) is 0. The lowest BCUT2D eigenvalue weighted by atomic mass is 9.69. The van der Waals surface area contributed by atoms with Crippen molar-refractivity contribution in [2.45, 2.75) is 66.3 Å². The molecule has 2 aliphatic rings. The van der Waals surface area contributed by atoms with E-state index in [0.717, 1.165) is 18.9 Å². The highest BCUT2D eigenvalue weighted by molar-refractivity contribution is 5.13. The van der Waals surface area contributed by atoms with E-state index in [2.05, 4.69) is 39.9 Å². The molecule has 0 heterocycles. The molecule has 4 atom stereocenters. The normalized spacial score (nSPS) is 41.0. The number of aliphatic hydroxyl groups is 1. The summed E-state index contributed by atoms with van der Waals surface area (Å²) in [6.45, 7) is 13.0. The van der Waals surface area contributed by atoms with Gasteiger partial charge in [-0.15, -0.1) is 0 Å². The average Bonchev–Trinajstić information content (AvgIpc) is 2.68. The van der Waals surface area contributed by atoms with Crippen molar-refractivity contribution in [2.24, 2.45) is 22.2 Å². The molecule has 0 amide bonds. The average molecular weight is 253 g/mol. The molecule has 2 N–H and O–H groups in total. The Balaban J connectivity index is 2.01. The third-order valence-corrected chi connectivity index (χ3v) is 6.80. The van der Waals surface area contributed by atoms with Gasteiger partial charge in [0.1, 0.15) is 0 Å². The fourth-order valence-corrected chi connectivity index (χ4v) is 4.17. The lowest BCUT2D eigenvalue weighted by Gasteiger charge is -2.41. The molecule has 0 aromatic rings. The molecule has 0 aromatic heterocycles. The summed E-state index contributed by atoms with van der Waals surface area (Å²) in [6.07, 6.45) is 5.14. The summed E-state index contributed by atoms with van der Waals surface area (Å²) < 4.78 is 0. The van der Waals surface area contributed by atoms with Crippen LogP contribution in [0.15, 0.2) is 0 Å². The summed E-state index contributed by atoms with van der Waals surface area (Å²) in [5.41, 5.74) is 0.969. The number of hydrogen-bond donors (Lipinski definition) is 2. The highest BCUT2D eigenvalue weighted by Crippen LogP contribution is 2.65. The van der Waals surface area contributed by atoms with E-state index in [1.807, 2.05) is 0 Å². The van der Waals surface area contributed by atoms with Gasteiger partial charge in [0.05, 0.1) is 0 Å². The van der Waals surface area contributed by atoms with Crippen LogP contribution in [0.25, 0.3) is 0 Å². The second-order valence-corrected chi connectivity index (χ2v) is 7.87. The summed E-state index contributed by atoms with van der Waals surface area (Å²) in [5.74, 6) is 0.891. The summed E-state index contributed by atoms with van der Waals surface area (Å²) >= 11 is 0. The van der Waals surface area contributed by atoms with E-state index < -0.39 is 0 Å². The SMILES string of the molecule is CCC(C)(CO)CNC1CC2CCC1(C)C2(C)C. The first kappa shape index (κ1) is 14.3. The van der Waals surface area contributed by atoms with Gasteiger partial charge < -0.3 is 10.4 Å². The van der Waals surface area contributed by atoms with Crippen molar-refractivity contribution in [2.75, 3.05) is 13.2 Å². The molecule has 18 heavy (non-hydrogen) atoms. The van der Waals surface area contributed by atoms with Crippen LogP contribution in [0.4, 0.5) is 0 Å². The zero-order valence-electron chi connectivity index (χ0n) is 12.8. The Morgan fingerprint density at radius 1 is 1.33 bits per heavy atom. The highest BCUT2D eigenvalue weighted by atomic mass is 16.3. The maximum atomic E-state index is 9.52. The topological polar surface area (TPSA) is 32.3 Å². The molecule has 2 rings (SSSR count). The van der Waals surface area contributed by atoms with Crippen molar-refractivity contribution >= 4 is 0 Å². The smallest absolute Gasteiger partial charge is 0.0496 e. The Hall–Kier alpha value is -0.0800. The molecule has 4 unspecified atom stereocenters. The van der Waals surface area contributed by atoms with E-state index in [4.69, 9.17) is 0 Å². The maximum Gasteiger partial charge on any atom is 0.0496 e. The van der Waals surface area contributed by atoms with Crippen LogP contribution in [0.1, 0.15) is 60.3 Å². The fraction of sp³-hybridized carbons (Fsp3) is 1.00. The van der Waals surface area contributed by atoms with E-state index >= 15 is 0 Å². The number of rotatable bonds is 5. The molecule has 2 fully saturated rings. The van der Waals surface area contributed by atoms with Crippen LogP contribution in [0.3, 0.4) is 0 Å². The van der Waals surface area contributed by atoms with Crippen LogP contribution in [-0.4, -0.2) is 24.3 Å². The third-order valence-electron chi connectivity index (χ3n) is 6.80. The first-order valence-electron chi connectivity index (χ1n) is 7.63. The zero-order chi connectivity index (χ0) is 13.6. The monoisotopic (exact) mass is 253 g/mol. The predicted octanol–water partition coefficient (Wildman–Crippen LogP) is 3.20. The molecule has 0 spiro atoms. The summed E-state index contributed by atoms with van der Waals surface area (Å²) in [6, 6.07) is 0.642. The fourth-order valence-electron chi connectivity index (χ4n) is 4.17. The number of hydrogen-bond acceptors (Lipinski definition) is 2. The van der Waals surface area contributed by atoms with Crippen LogP contribution < -0.4 is 5.32 Å². The Morgan fingerprint density at radius 2 is 2.00 bits per heavy atom. The second kappa shape index (κ2) is 4.49. The third kappa shape index (κ3) is 1.92. The van der Waals surface area contributed by atoms with Gasteiger partial charge >= 0.3 is 0 Å². The van der Waals surface area contributed by atoms with Crippen LogP contribution in [0.5, 0.6) is 0 Å². The molecule has 0 saturated heterocycles. The molecule has 2 bridgehead atoms. The molecular formula is C16H31NO. The van der Waals surface area contributed by atoms with E-state index in [1.165, 1.54) is 19.3 Å². The minimum Gasteiger partial charge on any atom is -0.396 e. The lowest BCUT2D eigenvalue weighted by molar-refractivity contribution is 0.0943. The lowest BCUT2D eigenvalue weighted by Crippen LogP contribution is -2.48. The van der Waals surface area contributed by atoms with Gasteiger partial charge in [-0.2, -0.15) is 0 Å². The number of nitrogens with one attached hydrogen (secondary N) is 1. The van der Waals surface area contributed by atoms with Gasteiger partial charge in [-0.05, 0) is 42.4 Å². The second-order valence-electron chi connectivity index (χ2n) is 7.87. The minimum atomic E-state index is 0.0440. The van der Waals surface area contributed by atoms with Gasteiger partial charge in [-0.3, -0.25) is 0 Å². The van der Waals surface area contributed by atoms with E-state index in [0.29, 0.717) is 16.9 Å². The molecule has 0 aromatic carbocycles. The Bertz CT molecular complexity index is 308. The van der Waals surface area contributed by atoms with E-state index in [9.17, 15) is 5.11 Å². The molecule has 0 radical (unpaired) electrons. The van der Waals surface area contributed by atoms with Crippen molar-refractivity contribution < 1.29 is 5.11 Å². The van der Waals surface area contributed by atoms with Gasteiger partial charge in [-0.25, -0.2) is 0 Å². The van der Waals surface area contributed by atoms with E-state index in [1.54, 1.807) is 0 Å². The molecule has 2 aliphatic carbocycles. The van der Waals surface area contributed by atoms with Gasteiger partial charge in [0, 0.05) is 24.6 Å². The van der Waals surface area contributed by atoms with Gasteiger partial charge in [0.25, 0.3) is 0 Å². The van der Waals surface area contributed by atoms with Crippen LogP contribution in [-0.2, 0) is 0 Å². The largest absolute Gasteiger partial charge is 0.396 e. The Morgan fingerprint density at radius 3 is 2.39 bits per heavy atom. The van der Waals surface area contributed by atoms with Gasteiger partial charge in [0.15, 0.2) is 0 Å². The summed E-state index contributed by atoms with van der Waals surface area (Å²) in [5, 5.41) is 13.3. The van der Waals surface area contributed by atoms with Crippen molar-refractivity contribution in [1.29, 1.82) is 0 Å². The number of aliphatic hydroxyl groups excluding tert-OH is 1. The Labute approximate surface area is 113 Å². The minimum absolute atomic E-state index is 0.0440. The zero-order valence-corrected chi connectivity index (χ0v) is 12.8. The van der Waals surface area contributed by atoms with Crippen LogP contribution in [0, 0.1) is 22.2 Å². The van der Waals surface area contributed by atoms with Crippen LogP contribution in [0.2, 0.25) is 0 Å². The standard InChI is InChI=1S/C16H31NO/c1-6-15(4,11-18)10-17-13-9-12-7-8-16(13,5)14(12,2)3/h12-13,17-18H,6-11H2,1-5H3. The highest BCUT2D eigenvalue weighted by Gasteiger charge is 2.61. The first-order valence-corrected chi connectivity index (χ1v) is 7.63. The van der Waals surface area contributed by atoms with Crippen molar-refractivity contribution in [3.63, 3.8) is 0 Å². The molecule has 2 nitrogen and oxygen atoms in total. The van der Waals surface area contributed by atoms with Crippen molar-refractivity contribution in [1.82, 2.24) is 5.32 Å². The van der Waals surface area contributed by atoms with Crippen LogP contribution >= 0.6 is 0 Å². The summed E-state index contributed by atoms with van der Waals surface area (Å²) in [4.78, 5) is 0. The molecular weight excluding hydrogens is 222 g/mol. The van der Waals surface area contributed by atoms with Gasteiger partial charge in [0.2, 0.25) is 0 Å². The molecule has 0 aliphatic heterocycles. The van der Waals surface area contributed by atoms with Gasteiger partial charge in [-0.1, -0.05) is 34.6 Å². The predicted molar refractivity (Wildman–Crippen MR) is 76.5 cm³/mol. The molecule has 2 saturated carbocycles. The quantitative estimate of drug-likeness (QED) is 0.788. The Kier molecular flexibility index (Phi) is 3.57. The maximum absolute atomic E-state index is 9.52. The molecule has 2 heteroatoms. The first-order chi connectivity index (χ1) is 8.29. The van der Waals surface area contributed by atoms with Crippen molar-refractivity contribution in [3.8, 4) is 0 Å². The van der Waals surface area contributed by atoms with Crippen molar-refractivity contribution in [3.05, 3.63) is 0 Å². The van der Waals surface area contributed by atoms with E-state index in [-0.39, 0.29) is 12.0 Å².